The van der Waals surface area contributed by atoms with Crippen molar-refractivity contribution in [3.8, 4) is 5.75 Å². The molecule has 1 atom stereocenters. The summed E-state index contributed by atoms with van der Waals surface area (Å²) in [5.74, 6) is 0.598. The third kappa shape index (κ3) is 2.74. The van der Waals surface area contributed by atoms with Crippen LogP contribution in [0, 0.1) is 0 Å². The summed E-state index contributed by atoms with van der Waals surface area (Å²) in [6, 6.07) is 0.176. The Kier molecular flexibility index (Phi) is 4.76. The van der Waals surface area contributed by atoms with Gasteiger partial charge in [0.2, 0.25) is 0 Å². The smallest absolute Gasteiger partial charge is 0.162 e. The molecular weight excluding hydrogens is 208 g/mol. The summed E-state index contributed by atoms with van der Waals surface area (Å²) in [6.45, 7) is 6.73. The van der Waals surface area contributed by atoms with Crippen molar-refractivity contribution in [2.45, 2.75) is 32.9 Å². The Morgan fingerprint density at radius 3 is 2.69 bits per heavy atom. The van der Waals surface area contributed by atoms with Gasteiger partial charge in [-0.15, -0.1) is 0 Å². The topological polar surface area (TPSA) is 56.5 Å². The minimum absolute atomic E-state index is 0.176. The number of hydrogen-bond acceptors (Lipinski definition) is 4. The Balaban J connectivity index is 2.93. The van der Waals surface area contributed by atoms with Crippen LogP contribution >= 0.6 is 0 Å². The van der Waals surface area contributed by atoms with Crippen LogP contribution in [0.4, 0.5) is 0 Å². The molecule has 0 spiro atoms. The van der Waals surface area contributed by atoms with Crippen LogP contribution in [-0.4, -0.2) is 35.2 Å². The number of aliphatic hydroxyl groups excluding tert-OH is 1. The maximum atomic E-state index is 10.0. The summed E-state index contributed by atoms with van der Waals surface area (Å²) in [6.07, 6.45) is 0.907. The van der Waals surface area contributed by atoms with Crippen LogP contribution in [0.25, 0.3) is 0 Å². The molecule has 0 saturated heterocycles. The lowest BCUT2D eigenvalue weighted by atomic mass is 10.2. The van der Waals surface area contributed by atoms with Crippen LogP contribution in [-0.2, 0) is 4.74 Å². The number of methoxy groups -OCH3 is 1. The Morgan fingerprint density at radius 1 is 1.50 bits per heavy atom. The van der Waals surface area contributed by atoms with Gasteiger partial charge in [0.1, 0.15) is 11.8 Å². The normalized spacial score (nSPS) is 13.1. The van der Waals surface area contributed by atoms with Gasteiger partial charge in [-0.3, -0.25) is 4.68 Å². The first-order chi connectivity index (χ1) is 7.61. The molecule has 0 saturated carbocycles. The summed E-state index contributed by atoms with van der Waals surface area (Å²) >= 11 is 0. The van der Waals surface area contributed by atoms with Gasteiger partial charge in [0, 0.05) is 12.6 Å². The van der Waals surface area contributed by atoms with Crippen molar-refractivity contribution in [1.29, 1.82) is 0 Å². The molecule has 0 fully saturated rings. The molecule has 1 aromatic heterocycles. The van der Waals surface area contributed by atoms with E-state index in [2.05, 4.69) is 5.10 Å². The molecule has 1 heterocycles. The molecule has 0 aliphatic carbocycles. The lowest BCUT2D eigenvalue weighted by molar-refractivity contribution is 0.0353. The standard InChI is InChI=1S/C11H20N2O3/c1-5-16-7-9(14)11-10(15-4)6-12-13(11)8(2)3/h6,8-9,14H,5,7H2,1-4H3. The second kappa shape index (κ2) is 5.86. The minimum atomic E-state index is -0.709. The average molecular weight is 228 g/mol. The van der Waals surface area contributed by atoms with E-state index in [4.69, 9.17) is 9.47 Å². The van der Waals surface area contributed by atoms with Gasteiger partial charge < -0.3 is 14.6 Å². The van der Waals surface area contributed by atoms with Gasteiger partial charge in [0.15, 0.2) is 5.75 Å². The Hall–Kier alpha value is -1.07. The molecule has 1 aromatic rings. The highest BCUT2D eigenvalue weighted by molar-refractivity contribution is 5.27. The molecule has 0 amide bonds. The number of hydrogen-bond donors (Lipinski definition) is 1. The first kappa shape index (κ1) is 13.0. The molecule has 92 valence electrons. The van der Waals surface area contributed by atoms with E-state index in [1.54, 1.807) is 18.0 Å². The molecule has 5 nitrogen and oxygen atoms in total. The summed E-state index contributed by atoms with van der Waals surface area (Å²) in [4.78, 5) is 0. The van der Waals surface area contributed by atoms with E-state index >= 15 is 0 Å². The first-order valence-corrected chi connectivity index (χ1v) is 5.49. The number of aromatic nitrogens is 2. The third-order valence-electron chi connectivity index (χ3n) is 2.30. The summed E-state index contributed by atoms with van der Waals surface area (Å²) < 4.78 is 12.1. The number of nitrogens with zero attached hydrogens (tertiary/aromatic N) is 2. The van der Waals surface area contributed by atoms with Crippen LogP contribution in [0.15, 0.2) is 6.20 Å². The lowest BCUT2D eigenvalue weighted by Gasteiger charge is -2.16. The molecular formula is C11H20N2O3. The molecule has 0 bridgehead atoms. The zero-order chi connectivity index (χ0) is 12.1. The van der Waals surface area contributed by atoms with Gasteiger partial charge in [-0.2, -0.15) is 5.10 Å². The first-order valence-electron chi connectivity index (χ1n) is 5.49. The fraction of sp³-hybridized carbons (Fsp3) is 0.727. The van der Waals surface area contributed by atoms with Crippen LogP contribution in [0.2, 0.25) is 0 Å². The highest BCUT2D eigenvalue weighted by atomic mass is 16.5. The highest BCUT2D eigenvalue weighted by Gasteiger charge is 2.21. The van der Waals surface area contributed by atoms with Crippen molar-refractivity contribution in [2.24, 2.45) is 0 Å². The van der Waals surface area contributed by atoms with Gasteiger partial charge in [-0.1, -0.05) is 0 Å². The molecule has 0 aliphatic heterocycles. The molecule has 0 aliphatic rings. The fourth-order valence-corrected chi connectivity index (χ4v) is 1.55. The summed E-state index contributed by atoms with van der Waals surface area (Å²) in [5.41, 5.74) is 0.672. The van der Waals surface area contributed by atoms with E-state index in [1.807, 2.05) is 20.8 Å². The van der Waals surface area contributed by atoms with Gasteiger partial charge >= 0.3 is 0 Å². The average Bonchev–Trinajstić information content (AvgIpc) is 2.69. The largest absolute Gasteiger partial charge is 0.493 e. The monoisotopic (exact) mass is 228 g/mol. The van der Waals surface area contributed by atoms with E-state index in [9.17, 15) is 5.11 Å². The number of ether oxygens (including phenoxy) is 2. The summed E-state index contributed by atoms with van der Waals surface area (Å²) in [7, 11) is 1.57. The lowest BCUT2D eigenvalue weighted by Crippen LogP contribution is -2.16. The van der Waals surface area contributed by atoms with Crippen molar-refractivity contribution in [3.05, 3.63) is 11.9 Å². The predicted molar refractivity (Wildman–Crippen MR) is 60.6 cm³/mol. The molecule has 16 heavy (non-hydrogen) atoms. The van der Waals surface area contributed by atoms with Crippen LogP contribution < -0.4 is 4.74 Å². The second-order valence-electron chi connectivity index (χ2n) is 3.81. The van der Waals surface area contributed by atoms with Gasteiger partial charge in [0.25, 0.3) is 0 Å². The van der Waals surface area contributed by atoms with Crippen LogP contribution in [0.1, 0.15) is 38.6 Å². The van der Waals surface area contributed by atoms with Gasteiger partial charge in [-0.05, 0) is 20.8 Å². The minimum Gasteiger partial charge on any atom is -0.493 e. The predicted octanol–water partition coefficient (Wildman–Crippen LogP) is 1.54. The van der Waals surface area contributed by atoms with E-state index < -0.39 is 6.10 Å². The highest BCUT2D eigenvalue weighted by Crippen LogP contribution is 2.27. The molecule has 1 N–H and O–H groups in total. The van der Waals surface area contributed by atoms with Crippen molar-refractivity contribution < 1.29 is 14.6 Å². The molecule has 1 unspecified atom stereocenters. The number of aliphatic hydroxyl groups is 1. The van der Waals surface area contributed by atoms with E-state index in [0.29, 0.717) is 18.1 Å². The van der Waals surface area contributed by atoms with E-state index in [-0.39, 0.29) is 12.6 Å². The Morgan fingerprint density at radius 2 is 2.19 bits per heavy atom. The molecule has 0 radical (unpaired) electrons. The van der Waals surface area contributed by atoms with Crippen molar-refractivity contribution >= 4 is 0 Å². The second-order valence-corrected chi connectivity index (χ2v) is 3.81. The quantitative estimate of drug-likeness (QED) is 0.802. The number of rotatable bonds is 6. The van der Waals surface area contributed by atoms with Crippen molar-refractivity contribution in [1.82, 2.24) is 9.78 Å². The molecule has 0 aromatic carbocycles. The van der Waals surface area contributed by atoms with Crippen LogP contribution in [0.5, 0.6) is 5.75 Å². The maximum Gasteiger partial charge on any atom is 0.162 e. The van der Waals surface area contributed by atoms with Crippen LogP contribution in [0.3, 0.4) is 0 Å². The Labute approximate surface area is 96.0 Å². The van der Waals surface area contributed by atoms with Gasteiger partial charge in [-0.25, -0.2) is 0 Å². The fourth-order valence-electron chi connectivity index (χ4n) is 1.55. The van der Waals surface area contributed by atoms with E-state index in [1.165, 1.54) is 0 Å². The zero-order valence-corrected chi connectivity index (χ0v) is 10.3. The van der Waals surface area contributed by atoms with E-state index in [0.717, 1.165) is 0 Å². The summed E-state index contributed by atoms with van der Waals surface area (Å²) in [5, 5.41) is 14.2. The zero-order valence-electron chi connectivity index (χ0n) is 10.3. The van der Waals surface area contributed by atoms with Gasteiger partial charge in [0.05, 0.1) is 19.9 Å². The van der Waals surface area contributed by atoms with Crippen molar-refractivity contribution in [3.63, 3.8) is 0 Å². The maximum absolute atomic E-state index is 10.0. The Bertz CT molecular complexity index is 323. The SMILES string of the molecule is CCOCC(O)c1c(OC)cnn1C(C)C. The third-order valence-corrected chi connectivity index (χ3v) is 2.30. The molecule has 1 rings (SSSR count). The van der Waals surface area contributed by atoms with Crippen molar-refractivity contribution in [2.75, 3.05) is 20.3 Å². The molecule has 5 heteroatoms.